The van der Waals surface area contributed by atoms with Gasteiger partial charge in [0.1, 0.15) is 5.75 Å². The van der Waals surface area contributed by atoms with Crippen LogP contribution in [0.15, 0.2) is 42.7 Å². The largest absolute Gasteiger partial charge is 0.497 e. The maximum absolute atomic E-state index is 5.66. The first-order valence-electron chi connectivity index (χ1n) is 7.73. The van der Waals surface area contributed by atoms with E-state index in [9.17, 15) is 0 Å². The van der Waals surface area contributed by atoms with Crippen LogP contribution in [0.4, 0.5) is 0 Å². The van der Waals surface area contributed by atoms with Gasteiger partial charge < -0.3 is 9.47 Å². The summed E-state index contributed by atoms with van der Waals surface area (Å²) in [5.74, 6) is 0.866. The summed E-state index contributed by atoms with van der Waals surface area (Å²) in [6, 6.07) is 10.6. The number of methoxy groups -OCH3 is 1. The quantitative estimate of drug-likeness (QED) is 0.868. The van der Waals surface area contributed by atoms with Crippen LogP contribution in [0, 0.1) is 0 Å². The van der Waals surface area contributed by atoms with Crippen molar-refractivity contribution in [3.8, 4) is 16.9 Å². The van der Waals surface area contributed by atoms with E-state index in [1.165, 1.54) is 5.56 Å². The minimum Gasteiger partial charge on any atom is -0.497 e. The summed E-state index contributed by atoms with van der Waals surface area (Å²) in [6.45, 7) is 5.76. The Morgan fingerprint density at radius 3 is 2.77 bits per heavy atom. The third-order valence-corrected chi connectivity index (χ3v) is 4.21. The van der Waals surface area contributed by atoms with E-state index >= 15 is 0 Å². The number of hydrogen-bond acceptors (Lipinski definition) is 4. The van der Waals surface area contributed by atoms with Gasteiger partial charge in [-0.1, -0.05) is 19.1 Å². The molecule has 1 aliphatic heterocycles. The molecule has 1 atom stereocenters. The summed E-state index contributed by atoms with van der Waals surface area (Å²) in [4.78, 5) is 6.88. The molecule has 0 N–H and O–H groups in total. The van der Waals surface area contributed by atoms with Crippen molar-refractivity contribution in [3.05, 3.63) is 48.3 Å². The first-order valence-corrected chi connectivity index (χ1v) is 7.73. The molecule has 0 radical (unpaired) electrons. The molecule has 0 bridgehead atoms. The maximum atomic E-state index is 5.66. The van der Waals surface area contributed by atoms with Crippen LogP contribution in [-0.2, 0) is 4.74 Å². The lowest BCUT2D eigenvalue weighted by atomic mass is 10.0. The highest BCUT2D eigenvalue weighted by Gasteiger charge is 2.23. The van der Waals surface area contributed by atoms with Crippen LogP contribution in [0.1, 0.15) is 18.5 Å². The van der Waals surface area contributed by atoms with Crippen LogP contribution in [-0.4, -0.2) is 43.3 Å². The zero-order valence-corrected chi connectivity index (χ0v) is 13.2. The van der Waals surface area contributed by atoms with E-state index in [4.69, 9.17) is 9.47 Å². The van der Waals surface area contributed by atoms with Gasteiger partial charge in [-0.25, -0.2) is 0 Å². The molecule has 1 aliphatic rings. The lowest BCUT2D eigenvalue weighted by Gasteiger charge is -2.34. The Hall–Kier alpha value is -1.91. The van der Waals surface area contributed by atoms with Crippen molar-refractivity contribution in [2.75, 3.05) is 33.4 Å². The highest BCUT2D eigenvalue weighted by atomic mass is 16.5. The van der Waals surface area contributed by atoms with E-state index < -0.39 is 0 Å². The number of likely N-dealkylation sites (N-methyl/N-ethyl adjacent to an activating group) is 1. The lowest BCUT2D eigenvalue weighted by molar-refractivity contribution is -0.00584. The average Bonchev–Trinajstić information content (AvgIpc) is 2.62. The van der Waals surface area contributed by atoms with Crippen molar-refractivity contribution >= 4 is 0 Å². The topological polar surface area (TPSA) is 34.6 Å². The first kappa shape index (κ1) is 15.0. The molecule has 1 saturated heterocycles. The number of nitrogens with zero attached hydrogens (tertiary/aromatic N) is 2. The van der Waals surface area contributed by atoms with E-state index in [-0.39, 0.29) is 0 Å². The number of pyridine rings is 1. The van der Waals surface area contributed by atoms with Crippen LogP contribution in [0.3, 0.4) is 0 Å². The molecule has 1 unspecified atom stereocenters. The van der Waals surface area contributed by atoms with Gasteiger partial charge >= 0.3 is 0 Å². The Balaban J connectivity index is 1.88. The molecule has 0 spiro atoms. The molecule has 116 valence electrons. The number of morpholine rings is 1. The Morgan fingerprint density at radius 2 is 2.05 bits per heavy atom. The molecule has 4 heteroatoms. The van der Waals surface area contributed by atoms with Gasteiger partial charge in [-0.2, -0.15) is 0 Å². The highest BCUT2D eigenvalue weighted by Crippen LogP contribution is 2.28. The van der Waals surface area contributed by atoms with Crippen LogP contribution < -0.4 is 4.74 Å². The summed E-state index contributed by atoms with van der Waals surface area (Å²) in [6.07, 6.45) is 3.86. The van der Waals surface area contributed by atoms with Crippen LogP contribution in [0.2, 0.25) is 0 Å². The smallest absolute Gasteiger partial charge is 0.118 e. The minimum atomic E-state index is 0.296. The first-order chi connectivity index (χ1) is 10.8. The molecule has 4 nitrogen and oxygen atoms in total. The third kappa shape index (κ3) is 3.13. The van der Waals surface area contributed by atoms with Crippen LogP contribution in [0.25, 0.3) is 11.1 Å². The molecule has 1 fully saturated rings. The van der Waals surface area contributed by atoms with Crippen molar-refractivity contribution < 1.29 is 9.47 Å². The predicted octanol–water partition coefficient (Wildman–Crippen LogP) is 3.15. The summed E-state index contributed by atoms with van der Waals surface area (Å²) in [7, 11) is 1.68. The molecule has 2 heterocycles. The monoisotopic (exact) mass is 298 g/mol. The summed E-state index contributed by atoms with van der Waals surface area (Å²) in [5, 5.41) is 0. The fourth-order valence-electron chi connectivity index (χ4n) is 2.90. The molecule has 3 rings (SSSR count). The number of hydrogen-bond donors (Lipinski definition) is 0. The average molecular weight is 298 g/mol. The molecular formula is C18H22N2O2. The Morgan fingerprint density at radius 1 is 1.23 bits per heavy atom. The molecular weight excluding hydrogens is 276 g/mol. The minimum absolute atomic E-state index is 0.296. The van der Waals surface area contributed by atoms with E-state index in [2.05, 4.69) is 35.0 Å². The van der Waals surface area contributed by atoms with Crippen molar-refractivity contribution in [3.63, 3.8) is 0 Å². The highest BCUT2D eigenvalue weighted by molar-refractivity contribution is 5.64. The molecule has 0 saturated carbocycles. The number of aromatic nitrogens is 1. The lowest BCUT2D eigenvalue weighted by Crippen LogP contribution is -2.39. The van der Waals surface area contributed by atoms with Gasteiger partial charge in [0.05, 0.1) is 26.4 Å². The zero-order chi connectivity index (χ0) is 15.4. The van der Waals surface area contributed by atoms with Crippen molar-refractivity contribution in [2.45, 2.75) is 13.0 Å². The van der Waals surface area contributed by atoms with Crippen LogP contribution in [0.5, 0.6) is 5.75 Å². The van der Waals surface area contributed by atoms with E-state index in [1.807, 2.05) is 24.5 Å². The van der Waals surface area contributed by atoms with Gasteiger partial charge in [-0.15, -0.1) is 0 Å². The standard InChI is InChI=1S/C18H22N2O2/c1-3-20-8-9-22-13-18(20)16-10-15(11-19-12-16)14-4-6-17(21-2)7-5-14/h4-7,10-12,18H,3,8-9,13H2,1-2H3. The molecule has 1 aromatic heterocycles. The van der Waals surface area contributed by atoms with Crippen molar-refractivity contribution in [2.24, 2.45) is 0 Å². The molecule has 1 aromatic carbocycles. The van der Waals surface area contributed by atoms with Gasteiger partial charge in [0.2, 0.25) is 0 Å². The Labute approximate surface area is 131 Å². The van der Waals surface area contributed by atoms with Crippen molar-refractivity contribution in [1.82, 2.24) is 9.88 Å². The maximum Gasteiger partial charge on any atom is 0.118 e. The molecule has 22 heavy (non-hydrogen) atoms. The van der Waals surface area contributed by atoms with Gasteiger partial charge in [-0.05, 0) is 35.9 Å². The molecule has 0 aliphatic carbocycles. The number of rotatable bonds is 4. The van der Waals surface area contributed by atoms with E-state index in [0.29, 0.717) is 6.04 Å². The normalized spacial score (nSPS) is 19.1. The third-order valence-electron chi connectivity index (χ3n) is 4.21. The van der Waals surface area contributed by atoms with Gasteiger partial charge in [-0.3, -0.25) is 9.88 Å². The summed E-state index contributed by atoms with van der Waals surface area (Å²) in [5.41, 5.74) is 3.49. The number of benzene rings is 1. The molecule has 2 aromatic rings. The molecule has 0 amide bonds. The fraction of sp³-hybridized carbons (Fsp3) is 0.389. The van der Waals surface area contributed by atoms with Crippen LogP contribution >= 0.6 is 0 Å². The summed E-state index contributed by atoms with van der Waals surface area (Å²) < 4.78 is 10.9. The second-order valence-corrected chi connectivity index (χ2v) is 5.45. The van der Waals surface area contributed by atoms with E-state index in [1.54, 1.807) is 7.11 Å². The number of ether oxygens (including phenoxy) is 2. The Bertz CT molecular complexity index is 613. The van der Waals surface area contributed by atoms with E-state index in [0.717, 1.165) is 43.2 Å². The van der Waals surface area contributed by atoms with Crippen molar-refractivity contribution in [1.29, 1.82) is 0 Å². The second kappa shape index (κ2) is 6.90. The predicted molar refractivity (Wildman–Crippen MR) is 87.0 cm³/mol. The fourth-order valence-corrected chi connectivity index (χ4v) is 2.90. The summed E-state index contributed by atoms with van der Waals surface area (Å²) >= 11 is 0. The zero-order valence-electron chi connectivity index (χ0n) is 13.2. The SMILES string of the molecule is CCN1CCOCC1c1cncc(-c2ccc(OC)cc2)c1. The second-order valence-electron chi connectivity index (χ2n) is 5.45. The van der Waals surface area contributed by atoms with Gasteiger partial charge in [0.15, 0.2) is 0 Å². The van der Waals surface area contributed by atoms with Gasteiger partial charge in [0.25, 0.3) is 0 Å². The Kier molecular flexibility index (Phi) is 4.71. The van der Waals surface area contributed by atoms with Gasteiger partial charge in [0, 0.05) is 24.5 Å².